The van der Waals surface area contributed by atoms with Crippen molar-refractivity contribution in [2.75, 3.05) is 6.61 Å². The maximum Gasteiger partial charge on any atom is 0.306 e. The van der Waals surface area contributed by atoms with E-state index in [1.54, 1.807) is 6.92 Å². The van der Waals surface area contributed by atoms with Crippen LogP contribution in [0.2, 0.25) is 0 Å². The van der Waals surface area contributed by atoms with E-state index < -0.39 is 5.97 Å². The van der Waals surface area contributed by atoms with Crippen LogP contribution in [0.25, 0.3) is 0 Å². The lowest BCUT2D eigenvalue weighted by Gasteiger charge is -2.10. The Morgan fingerprint density at radius 2 is 1.19 bits per heavy atom. The number of carboxylic acids is 1. The molecular weight excluding hydrogens is 328 g/mol. The Morgan fingerprint density at radius 3 is 1.62 bits per heavy atom. The van der Waals surface area contributed by atoms with E-state index in [2.05, 4.69) is 6.92 Å². The van der Waals surface area contributed by atoms with E-state index in [1.807, 2.05) is 0 Å². The molecule has 0 bridgehead atoms. The summed E-state index contributed by atoms with van der Waals surface area (Å²) in [6.45, 7) is 5.14. The molecule has 0 rings (SSSR count). The molecule has 1 N–H and O–H groups in total. The molecule has 0 saturated carbocycles. The van der Waals surface area contributed by atoms with Crippen molar-refractivity contribution >= 4 is 12.4 Å². The number of carbonyl (C=O) groups excluding carboxylic acids is 1. The molecule has 4 nitrogen and oxygen atoms in total. The Kier molecular flexibility index (Phi) is 18.0. The minimum absolute atomic E-state index is 0.185. The predicted octanol–water partition coefficient (Wildman–Crippen LogP) is 6.37. The van der Waals surface area contributed by atoms with Gasteiger partial charge in [-0.25, -0.2) is 0 Å². The molecule has 0 aromatic heterocycles. The third kappa shape index (κ3) is 17.8. The highest BCUT2D eigenvalue weighted by atomic mass is 16.5. The predicted molar refractivity (Wildman–Crippen MR) is 107 cm³/mol. The second-order valence-corrected chi connectivity index (χ2v) is 7.92. The van der Waals surface area contributed by atoms with E-state index in [0.717, 1.165) is 19.3 Å². The van der Waals surface area contributed by atoms with Crippen LogP contribution in [-0.4, -0.2) is 24.2 Å². The maximum atomic E-state index is 10.7. The summed E-state index contributed by atoms with van der Waals surface area (Å²) in [6.07, 6.45) is 18.5. The first-order chi connectivity index (χ1) is 12.6. The number of carbonyl (C=O) groups is 2. The highest BCUT2D eigenvalue weighted by molar-refractivity contribution is 5.69. The molecule has 0 fully saturated rings. The van der Waals surface area contributed by atoms with Gasteiger partial charge in [-0.1, -0.05) is 97.3 Å². The minimum Gasteiger partial charge on any atom is -0.481 e. The van der Waals surface area contributed by atoms with Crippen LogP contribution >= 0.6 is 0 Å². The van der Waals surface area contributed by atoms with E-state index in [9.17, 15) is 9.59 Å². The molecule has 0 saturated heterocycles. The van der Waals surface area contributed by atoms with E-state index >= 15 is 0 Å². The van der Waals surface area contributed by atoms with E-state index in [0.29, 0.717) is 19.0 Å². The van der Waals surface area contributed by atoms with Gasteiger partial charge in [0.15, 0.2) is 0 Å². The molecule has 4 heteroatoms. The summed E-state index contributed by atoms with van der Waals surface area (Å²) < 4.78 is 4.74. The van der Waals surface area contributed by atoms with Crippen LogP contribution < -0.4 is 0 Å². The summed E-state index contributed by atoms with van der Waals surface area (Å²) in [5.41, 5.74) is 0. The second-order valence-electron chi connectivity index (χ2n) is 7.92. The molecule has 0 aromatic carbocycles. The third-order valence-corrected chi connectivity index (χ3v) is 5.30. The minimum atomic E-state index is -0.663. The number of hydrogen-bond donors (Lipinski definition) is 1. The van der Waals surface area contributed by atoms with Crippen LogP contribution in [0.3, 0.4) is 0 Å². The van der Waals surface area contributed by atoms with Gasteiger partial charge in [-0.15, -0.1) is 0 Å². The fourth-order valence-electron chi connectivity index (χ4n) is 3.30. The average molecular weight is 371 g/mol. The topological polar surface area (TPSA) is 63.6 Å². The normalized spacial score (nSPS) is 13.3. The highest BCUT2D eigenvalue weighted by Crippen LogP contribution is 2.16. The van der Waals surface area contributed by atoms with Gasteiger partial charge in [0.2, 0.25) is 0 Å². The summed E-state index contributed by atoms with van der Waals surface area (Å²) in [5, 5.41) is 8.82. The van der Waals surface area contributed by atoms with Gasteiger partial charge in [-0.2, -0.15) is 0 Å². The summed E-state index contributed by atoms with van der Waals surface area (Å²) in [7, 11) is 0. The molecule has 0 radical (unpaired) electrons. The van der Waals surface area contributed by atoms with Crippen LogP contribution in [0.4, 0.5) is 0 Å². The average Bonchev–Trinajstić information content (AvgIpc) is 2.61. The van der Waals surface area contributed by atoms with Crippen LogP contribution in [0.15, 0.2) is 0 Å². The summed E-state index contributed by atoms with van der Waals surface area (Å²) in [5.74, 6) is -0.194. The first-order valence-electron chi connectivity index (χ1n) is 10.9. The first-order valence-corrected chi connectivity index (χ1v) is 10.9. The number of carboxylic acid groups (broad SMARTS) is 1. The Balaban J connectivity index is 3.15. The van der Waals surface area contributed by atoms with Crippen molar-refractivity contribution in [1.82, 2.24) is 0 Å². The Bertz CT molecular complexity index is 330. The standard InChI is InChI=1S/C22H42O4/c1-20(17-18-26-19-23)15-13-11-9-7-5-3-4-6-8-10-12-14-16-21(2)22(24)25/h19-21H,3-18H2,1-2H3,(H,24,25). The van der Waals surface area contributed by atoms with Gasteiger partial charge < -0.3 is 9.84 Å². The fraction of sp³-hybridized carbons (Fsp3) is 0.909. The zero-order chi connectivity index (χ0) is 19.5. The number of hydrogen-bond acceptors (Lipinski definition) is 3. The van der Waals surface area contributed by atoms with Gasteiger partial charge in [0.1, 0.15) is 0 Å². The third-order valence-electron chi connectivity index (χ3n) is 5.30. The van der Waals surface area contributed by atoms with E-state index in [-0.39, 0.29) is 5.92 Å². The van der Waals surface area contributed by atoms with Crippen molar-refractivity contribution in [3.05, 3.63) is 0 Å². The van der Waals surface area contributed by atoms with E-state index in [4.69, 9.17) is 9.84 Å². The van der Waals surface area contributed by atoms with E-state index in [1.165, 1.54) is 77.0 Å². The quantitative estimate of drug-likeness (QED) is 0.200. The lowest BCUT2D eigenvalue weighted by Crippen LogP contribution is -2.08. The number of ether oxygens (including phenoxy) is 1. The van der Waals surface area contributed by atoms with Crippen molar-refractivity contribution < 1.29 is 19.4 Å². The van der Waals surface area contributed by atoms with Crippen LogP contribution in [0.1, 0.15) is 110 Å². The van der Waals surface area contributed by atoms with Crippen molar-refractivity contribution in [3.8, 4) is 0 Å². The second kappa shape index (κ2) is 18.7. The van der Waals surface area contributed by atoms with Gasteiger partial charge in [0, 0.05) is 0 Å². The first kappa shape index (κ1) is 24.9. The lowest BCUT2D eigenvalue weighted by atomic mass is 9.99. The molecule has 0 spiro atoms. The number of rotatable bonds is 20. The molecule has 0 aliphatic heterocycles. The summed E-state index contributed by atoms with van der Waals surface area (Å²) in [4.78, 5) is 20.8. The van der Waals surface area contributed by atoms with Crippen molar-refractivity contribution in [3.63, 3.8) is 0 Å². The number of aliphatic carboxylic acids is 1. The van der Waals surface area contributed by atoms with Gasteiger partial charge in [0.05, 0.1) is 12.5 Å². The van der Waals surface area contributed by atoms with Crippen LogP contribution in [0.5, 0.6) is 0 Å². The summed E-state index contributed by atoms with van der Waals surface area (Å²) in [6, 6.07) is 0. The van der Waals surface area contributed by atoms with Crippen LogP contribution in [0, 0.1) is 11.8 Å². The molecule has 0 aliphatic carbocycles. The van der Waals surface area contributed by atoms with Gasteiger partial charge >= 0.3 is 5.97 Å². The van der Waals surface area contributed by atoms with Crippen LogP contribution in [-0.2, 0) is 14.3 Å². The molecule has 2 atom stereocenters. The maximum absolute atomic E-state index is 10.7. The summed E-state index contributed by atoms with van der Waals surface area (Å²) >= 11 is 0. The van der Waals surface area contributed by atoms with Crippen molar-refractivity contribution in [2.45, 2.75) is 110 Å². The smallest absolute Gasteiger partial charge is 0.306 e. The SMILES string of the molecule is CC(CCCCCCCCCCCCCCC(C)C(=O)O)CCOC=O. The van der Waals surface area contributed by atoms with Crippen molar-refractivity contribution in [2.24, 2.45) is 11.8 Å². The molecular formula is C22H42O4. The molecule has 26 heavy (non-hydrogen) atoms. The zero-order valence-corrected chi connectivity index (χ0v) is 17.2. The molecule has 0 aliphatic rings. The Hall–Kier alpha value is -1.06. The molecule has 0 aromatic rings. The Morgan fingerprint density at radius 1 is 0.769 bits per heavy atom. The molecule has 0 heterocycles. The molecule has 2 unspecified atom stereocenters. The van der Waals surface area contributed by atoms with Gasteiger partial charge in [-0.05, 0) is 18.8 Å². The monoisotopic (exact) mass is 370 g/mol. The fourth-order valence-corrected chi connectivity index (χ4v) is 3.30. The largest absolute Gasteiger partial charge is 0.481 e. The lowest BCUT2D eigenvalue weighted by molar-refractivity contribution is -0.141. The Labute approximate surface area is 161 Å². The molecule has 0 amide bonds. The van der Waals surface area contributed by atoms with Gasteiger partial charge in [-0.3, -0.25) is 9.59 Å². The van der Waals surface area contributed by atoms with Crippen molar-refractivity contribution in [1.29, 1.82) is 0 Å². The van der Waals surface area contributed by atoms with Gasteiger partial charge in [0.25, 0.3) is 6.47 Å². The highest BCUT2D eigenvalue weighted by Gasteiger charge is 2.09. The number of unbranched alkanes of at least 4 members (excludes halogenated alkanes) is 11. The zero-order valence-electron chi connectivity index (χ0n) is 17.2. The molecule has 154 valence electrons.